The lowest BCUT2D eigenvalue weighted by Crippen LogP contribution is -2.45. The molecule has 1 aromatic heterocycles. The van der Waals surface area contributed by atoms with Gasteiger partial charge in [0.1, 0.15) is 11.9 Å². The van der Waals surface area contributed by atoms with Crippen LogP contribution in [0.3, 0.4) is 0 Å². The van der Waals surface area contributed by atoms with Crippen LogP contribution >= 0.6 is 22.9 Å². The Balaban J connectivity index is 1.48. The monoisotopic (exact) mass is 526 g/mol. The number of benzene rings is 2. The summed E-state index contributed by atoms with van der Waals surface area (Å²) in [6.45, 7) is 1.04. The van der Waals surface area contributed by atoms with Crippen LogP contribution in [0.5, 0.6) is 11.5 Å². The Bertz CT molecular complexity index is 1150. The summed E-state index contributed by atoms with van der Waals surface area (Å²) in [4.78, 5) is 31.5. The van der Waals surface area contributed by atoms with Crippen molar-refractivity contribution in [3.8, 4) is 11.5 Å². The Labute approximate surface area is 221 Å². The van der Waals surface area contributed by atoms with Gasteiger partial charge in [-0.3, -0.25) is 9.59 Å². The highest BCUT2D eigenvalue weighted by molar-refractivity contribution is 7.09. The normalized spacial score (nSPS) is 13.6. The zero-order valence-corrected chi connectivity index (χ0v) is 22.1. The van der Waals surface area contributed by atoms with E-state index in [-0.39, 0.29) is 24.4 Å². The summed E-state index contributed by atoms with van der Waals surface area (Å²) < 4.78 is 10.8. The molecule has 0 spiro atoms. The molecule has 2 aromatic carbocycles. The number of thiophene rings is 1. The zero-order chi connectivity index (χ0) is 25.5. The average Bonchev–Trinajstić information content (AvgIpc) is 3.63. The molecule has 0 bridgehead atoms. The van der Waals surface area contributed by atoms with Crippen LogP contribution in [0.25, 0.3) is 0 Å². The fourth-order valence-corrected chi connectivity index (χ4v) is 5.10. The molecule has 0 aliphatic heterocycles. The molecule has 1 aliphatic carbocycles. The number of hydrogen-bond acceptors (Lipinski definition) is 5. The Morgan fingerprint density at radius 2 is 1.78 bits per heavy atom. The van der Waals surface area contributed by atoms with E-state index >= 15 is 0 Å². The second-order valence-corrected chi connectivity index (χ2v) is 10.3. The average molecular weight is 527 g/mol. The van der Waals surface area contributed by atoms with Gasteiger partial charge in [0.15, 0.2) is 11.5 Å². The van der Waals surface area contributed by atoms with Crippen molar-refractivity contribution in [1.82, 2.24) is 9.80 Å². The molecule has 1 aliphatic rings. The summed E-state index contributed by atoms with van der Waals surface area (Å²) in [6, 6.07) is 19.2. The summed E-state index contributed by atoms with van der Waals surface area (Å²) in [5.74, 6) is 1.03. The van der Waals surface area contributed by atoms with E-state index in [4.69, 9.17) is 21.1 Å². The fourth-order valence-electron chi connectivity index (χ4n) is 4.11. The van der Waals surface area contributed by atoms with Gasteiger partial charge in [-0.05, 0) is 54.0 Å². The number of halogens is 1. The maximum atomic E-state index is 13.6. The van der Waals surface area contributed by atoms with Crippen LogP contribution in [0.1, 0.15) is 34.2 Å². The number of alkyl halides is 1. The summed E-state index contributed by atoms with van der Waals surface area (Å²) >= 11 is 8.17. The third-order valence-electron chi connectivity index (χ3n) is 6.28. The lowest BCUT2D eigenvalue weighted by molar-refractivity contribution is -0.141. The topological polar surface area (TPSA) is 59.1 Å². The van der Waals surface area contributed by atoms with Crippen LogP contribution in [0, 0.1) is 0 Å². The van der Waals surface area contributed by atoms with E-state index in [0.717, 1.165) is 28.8 Å². The minimum atomic E-state index is -0.808. The molecule has 0 radical (unpaired) electrons. The number of carbonyl (C=O) groups is 2. The second-order valence-electron chi connectivity index (χ2n) is 8.80. The summed E-state index contributed by atoms with van der Waals surface area (Å²) in [5.41, 5.74) is 1.78. The second kappa shape index (κ2) is 12.3. The summed E-state index contributed by atoms with van der Waals surface area (Å²) in [5, 5.41) is 1.20. The van der Waals surface area contributed by atoms with Crippen molar-refractivity contribution in [1.29, 1.82) is 0 Å². The van der Waals surface area contributed by atoms with E-state index in [1.54, 1.807) is 30.5 Å². The number of amides is 2. The van der Waals surface area contributed by atoms with Gasteiger partial charge in [-0.25, -0.2) is 0 Å². The van der Waals surface area contributed by atoms with Gasteiger partial charge < -0.3 is 19.3 Å². The number of ether oxygens (including phenoxy) is 2. The van der Waals surface area contributed by atoms with E-state index in [9.17, 15) is 9.59 Å². The van der Waals surface area contributed by atoms with Crippen molar-refractivity contribution < 1.29 is 19.1 Å². The summed E-state index contributed by atoms with van der Waals surface area (Å²) in [6.07, 6.45) is 2.44. The fraction of sp³-hybridized carbons (Fsp3) is 0.357. The predicted octanol–water partition coefficient (Wildman–Crippen LogP) is 5.31. The Kier molecular flexibility index (Phi) is 8.88. The molecular formula is C28H31ClN2O4S. The van der Waals surface area contributed by atoms with Crippen molar-refractivity contribution in [2.75, 3.05) is 27.3 Å². The molecule has 0 N–H and O–H groups in total. The Morgan fingerprint density at radius 1 is 1.03 bits per heavy atom. The maximum Gasteiger partial charge on any atom is 0.245 e. The van der Waals surface area contributed by atoms with E-state index in [2.05, 4.69) is 0 Å². The van der Waals surface area contributed by atoms with Gasteiger partial charge in [0.2, 0.25) is 11.8 Å². The molecule has 2 amide bonds. The number of methoxy groups -OCH3 is 2. The van der Waals surface area contributed by atoms with Crippen LogP contribution < -0.4 is 9.47 Å². The third kappa shape index (κ3) is 6.59. The number of rotatable bonds is 12. The highest BCUT2D eigenvalue weighted by Gasteiger charge is 2.37. The van der Waals surface area contributed by atoms with E-state index in [1.807, 2.05) is 70.9 Å². The van der Waals surface area contributed by atoms with Gasteiger partial charge in [0.05, 0.1) is 20.8 Å². The van der Waals surface area contributed by atoms with Crippen molar-refractivity contribution in [2.24, 2.45) is 0 Å². The quantitative estimate of drug-likeness (QED) is 0.300. The number of carbonyl (C=O) groups excluding carboxylic acids is 2. The van der Waals surface area contributed by atoms with Gasteiger partial charge in [0, 0.05) is 17.5 Å². The lowest BCUT2D eigenvalue weighted by Gasteiger charge is -2.29. The van der Waals surface area contributed by atoms with Crippen molar-refractivity contribution in [3.63, 3.8) is 0 Å². The standard InChI is InChI=1S/C28H31ClN2O4S/c1-34-24-13-10-20(17-25(24)35-2)14-15-30(18-23-9-6-16-36-23)26(32)19-31(22-11-12-22)28(33)27(29)21-7-4-3-5-8-21/h3-10,13,16-17,22,27H,11-12,14-15,18-19H2,1-2H3. The SMILES string of the molecule is COc1ccc(CCN(Cc2cccs2)C(=O)CN(C(=O)C(Cl)c2ccccc2)C2CC2)cc1OC. The lowest BCUT2D eigenvalue weighted by atomic mass is 10.1. The first-order valence-corrected chi connectivity index (χ1v) is 13.3. The van der Waals surface area contributed by atoms with E-state index in [1.165, 1.54) is 0 Å². The molecule has 6 nitrogen and oxygen atoms in total. The van der Waals surface area contributed by atoms with Crippen LogP contribution in [0.2, 0.25) is 0 Å². The largest absolute Gasteiger partial charge is 0.493 e. The van der Waals surface area contributed by atoms with Crippen molar-refractivity contribution >= 4 is 34.8 Å². The van der Waals surface area contributed by atoms with Gasteiger partial charge in [0.25, 0.3) is 0 Å². The minimum absolute atomic E-state index is 0.0247. The smallest absolute Gasteiger partial charge is 0.245 e. The zero-order valence-electron chi connectivity index (χ0n) is 20.6. The molecular weight excluding hydrogens is 496 g/mol. The first kappa shape index (κ1) is 26.0. The van der Waals surface area contributed by atoms with E-state index in [0.29, 0.717) is 31.0 Å². The molecule has 1 fully saturated rings. The molecule has 190 valence electrons. The van der Waals surface area contributed by atoms with Gasteiger partial charge in [-0.2, -0.15) is 0 Å². The molecule has 8 heteroatoms. The van der Waals surface area contributed by atoms with Crippen molar-refractivity contribution in [3.05, 3.63) is 82.0 Å². The molecule has 1 heterocycles. The summed E-state index contributed by atoms with van der Waals surface area (Å²) in [7, 11) is 3.21. The maximum absolute atomic E-state index is 13.6. The molecule has 4 rings (SSSR count). The molecule has 3 aromatic rings. The van der Waals surface area contributed by atoms with Crippen LogP contribution in [0.4, 0.5) is 0 Å². The number of hydrogen-bond donors (Lipinski definition) is 0. The Morgan fingerprint density at radius 3 is 2.42 bits per heavy atom. The molecule has 0 saturated heterocycles. The molecule has 36 heavy (non-hydrogen) atoms. The Hall–Kier alpha value is -3.03. The first-order valence-electron chi connectivity index (χ1n) is 12.0. The van der Waals surface area contributed by atoms with Crippen LogP contribution in [-0.2, 0) is 22.6 Å². The minimum Gasteiger partial charge on any atom is -0.493 e. The molecule has 1 unspecified atom stereocenters. The number of nitrogens with zero attached hydrogens (tertiary/aromatic N) is 2. The first-order chi connectivity index (χ1) is 17.5. The molecule has 1 atom stereocenters. The highest BCUT2D eigenvalue weighted by atomic mass is 35.5. The third-order valence-corrected chi connectivity index (χ3v) is 7.58. The van der Waals surface area contributed by atoms with Crippen LogP contribution in [0.15, 0.2) is 66.0 Å². The highest BCUT2D eigenvalue weighted by Crippen LogP contribution is 2.32. The van der Waals surface area contributed by atoms with Crippen LogP contribution in [-0.4, -0.2) is 55.0 Å². The van der Waals surface area contributed by atoms with Gasteiger partial charge in [-0.1, -0.05) is 42.5 Å². The predicted molar refractivity (Wildman–Crippen MR) is 143 cm³/mol. The van der Waals surface area contributed by atoms with Crippen molar-refractivity contribution in [2.45, 2.75) is 37.2 Å². The molecule has 1 saturated carbocycles. The van der Waals surface area contributed by atoms with E-state index < -0.39 is 5.38 Å². The van der Waals surface area contributed by atoms with Gasteiger partial charge >= 0.3 is 0 Å². The van der Waals surface area contributed by atoms with Gasteiger partial charge in [-0.15, -0.1) is 22.9 Å².